The van der Waals surface area contributed by atoms with E-state index in [0.717, 1.165) is 0 Å². The summed E-state index contributed by atoms with van der Waals surface area (Å²) in [6, 6.07) is 0. The lowest BCUT2D eigenvalue weighted by molar-refractivity contribution is -1.43. The van der Waals surface area contributed by atoms with Crippen LogP contribution in [0.3, 0.4) is 0 Å². The van der Waals surface area contributed by atoms with E-state index in [4.69, 9.17) is 29.2 Å². The summed E-state index contributed by atoms with van der Waals surface area (Å²) in [7, 11) is 22.2. The van der Waals surface area contributed by atoms with Gasteiger partial charge in [-0.3, -0.25) is 4.90 Å². The van der Waals surface area contributed by atoms with E-state index >= 15 is 0 Å². The third-order valence-electron chi connectivity index (χ3n) is 3.26. The molecule has 0 unspecified atom stereocenters. The second-order valence-corrected chi connectivity index (χ2v) is 9.34. The van der Waals surface area contributed by atoms with Crippen molar-refractivity contribution in [3.8, 4) is 0 Å². The van der Waals surface area contributed by atoms with Gasteiger partial charge in [-0.2, -0.15) is 4.84 Å². The fraction of sp³-hybridized carbons (Fsp3) is 1.00. The molecule has 0 atom stereocenters. The Hall–Kier alpha value is -0.480. The zero-order valence-corrected chi connectivity index (χ0v) is 21.0. The lowest BCUT2D eigenvalue weighted by Gasteiger charge is -2.35. The van der Waals surface area contributed by atoms with Crippen LogP contribution < -0.4 is 0 Å². The molecule has 0 aromatic heterocycles. The Bertz CT molecular complexity index is 485. The normalized spacial score (nSPS) is 14.7. The molecule has 29 heavy (non-hydrogen) atoms. The predicted molar refractivity (Wildman–Crippen MR) is 106 cm³/mol. The van der Waals surface area contributed by atoms with Gasteiger partial charge in [0.05, 0.1) is 0 Å². The van der Waals surface area contributed by atoms with Crippen LogP contribution in [-0.4, -0.2) is 140 Å². The van der Waals surface area contributed by atoms with Crippen molar-refractivity contribution in [2.75, 3.05) is 111 Å². The number of nitrogens with zero attached hydrogens (tertiary/aromatic N) is 6. The Kier molecular flexibility index (Phi) is 10.5. The van der Waals surface area contributed by atoms with E-state index in [2.05, 4.69) is 0 Å². The topological polar surface area (TPSA) is 58.6 Å². The number of hydroxylamine groups is 18. The molecule has 176 valence electrons. The molecule has 0 fully saturated rings. The summed E-state index contributed by atoms with van der Waals surface area (Å²) in [5.41, 5.74) is 0. The van der Waals surface area contributed by atoms with Gasteiger partial charge >= 0.3 is 0 Å². The molecule has 0 N–H and O–H groups in total. The first-order chi connectivity index (χ1) is 12.8. The van der Waals surface area contributed by atoms with E-state index in [1.54, 1.807) is 14.1 Å². The van der Waals surface area contributed by atoms with Gasteiger partial charge < -0.3 is 0 Å². The molecule has 0 heterocycles. The molecule has 0 aliphatic rings. The highest BCUT2D eigenvalue weighted by molar-refractivity contribution is 4.19. The van der Waals surface area contributed by atoms with E-state index in [1.165, 1.54) is 0 Å². The maximum atomic E-state index is 6.06. The summed E-state index contributed by atoms with van der Waals surface area (Å²) in [6.45, 7) is 3.38. The van der Waals surface area contributed by atoms with Crippen LogP contribution in [0.25, 0.3) is 0 Å². The van der Waals surface area contributed by atoms with Crippen molar-refractivity contribution in [2.45, 2.75) is 6.92 Å². The van der Waals surface area contributed by atoms with Crippen molar-refractivity contribution in [1.82, 2.24) is 4.90 Å². The van der Waals surface area contributed by atoms with Crippen LogP contribution in [0.1, 0.15) is 6.92 Å². The Morgan fingerprint density at radius 1 is 0.552 bits per heavy atom. The van der Waals surface area contributed by atoms with E-state index in [0.29, 0.717) is 13.3 Å². The molecule has 0 spiro atoms. The standard InChI is InChI=1S/C17H47N6O6/c1-14-24-21(8,9)26-16-19(4,5)29-23(12,13)27-17-20(6,7)28-22(10,11)25-15-18(2)3/h14-17H2,1-13H3/q+5. The van der Waals surface area contributed by atoms with Gasteiger partial charge in [-0.05, 0) is 25.8 Å². The molecule has 0 aromatic carbocycles. The van der Waals surface area contributed by atoms with Crippen LogP contribution >= 0.6 is 0 Å². The Balaban J connectivity index is 4.71. The lowest BCUT2D eigenvalue weighted by Crippen LogP contribution is -2.59. The van der Waals surface area contributed by atoms with Crippen molar-refractivity contribution in [2.24, 2.45) is 0 Å². The highest BCUT2D eigenvalue weighted by Gasteiger charge is 2.40. The molecular weight excluding hydrogens is 384 g/mol. The van der Waals surface area contributed by atoms with Gasteiger partial charge in [-0.1, -0.05) is 4.84 Å². The summed E-state index contributed by atoms with van der Waals surface area (Å²) in [4.78, 5) is 36.7. The molecule has 0 saturated carbocycles. The van der Waals surface area contributed by atoms with Crippen molar-refractivity contribution in [1.29, 1.82) is 0 Å². The Morgan fingerprint density at radius 3 is 1.31 bits per heavy atom. The van der Waals surface area contributed by atoms with Gasteiger partial charge in [-0.15, -0.1) is 19.0 Å². The maximum Gasteiger partial charge on any atom is 0.273 e. The highest BCUT2D eigenvalue weighted by Crippen LogP contribution is 2.16. The number of hydrogen-bond donors (Lipinski definition) is 0. The first-order valence-electron chi connectivity index (χ1n) is 9.64. The van der Waals surface area contributed by atoms with Gasteiger partial charge in [0.1, 0.15) is 77.1 Å². The average Bonchev–Trinajstić information content (AvgIpc) is 2.48. The molecule has 0 rings (SSSR count). The quantitative estimate of drug-likeness (QED) is 0.209. The molecule has 0 bridgehead atoms. The van der Waals surface area contributed by atoms with E-state index in [-0.39, 0.29) is 37.2 Å². The first-order valence-corrected chi connectivity index (χ1v) is 9.64. The Morgan fingerprint density at radius 2 is 0.931 bits per heavy atom. The van der Waals surface area contributed by atoms with Gasteiger partial charge in [0.25, 0.3) is 13.5 Å². The van der Waals surface area contributed by atoms with Gasteiger partial charge in [0.2, 0.25) is 0 Å². The van der Waals surface area contributed by atoms with E-state index in [9.17, 15) is 0 Å². The summed E-state index contributed by atoms with van der Waals surface area (Å²) in [6.07, 6.45) is 0. The predicted octanol–water partition coefficient (Wildman–Crippen LogP) is 0.242. The molecule has 0 saturated heterocycles. The smallest absolute Gasteiger partial charge is 0.273 e. The minimum absolute atomic E-state index is 0.0203. The minimum atomic E-state index is -0.157. The number of quaternary nitrogens is 5. The fourth-order valence-electron chi connectivity index (χ4n) is 2.32. The largest absolute Gasteiger partial charge is 0.282 e. The van der Waals surface area contributed by atoms with Gasteiger partial charge in [0, 0.05) is 19.5 Å². The molecule has 0 aliphatic carbocycles. The third kappa shape index (κ3) is 14.2. The van der Waals surface area contributed by atoms with Crippen LogP contribution in [0.2, 0.25) is 0 Å². The summed E-state index contributed by atoms with van der Waals surface area (Å²) >= 11 is 0. The zero-order valence-electron chi connectivity index (χ0n) is 21.0. The molecule has 12 nitrogen and oxygen atoms in total. The minimum Gasteiger partial charge on any atom is -0.282 e. The Labute approximate surface area is 177 Å². The monoisotopic (exact) mass is 431 g/mol. The molecule has 0 aliphatic heterocycles. The van der Waals surface area contributed by atoms with E-state index in [1.807, 2.05) is 82.3 Å². The SMILES string of the molecule is CCO[N+](C)(C)OC[N+](C)(C)O[N+](C)(C)OC[N+](C)(C)O[N+](C)(C)OCN(C)C. The van der Waals surface area contributed by atoms with E-state index < -0.39 is 0 Å². The fourth-order valence-corrected chi connectivity index (χ4v) is 2.32. The van der Waals surface area contributed by atoms with Crippen LogP contribution in [0.4, 0.5) is 0 Å². The summed E-state index contributed by atoms with van der Waals surface area (Å²) < 4.78 is 0.202. The zero-order chi connectivity index (χ0) is 23.1. The van der Waals surface area contributed by atoms with Crippen LogP contribution in [-0.2, 0) is 29.2 Å². The van der Waals surface area contributed by atoms with Crippen molar-refractivity contribution in [3.05, 3.63) is 0 Å². The molecule has 0 aromatic rings. The molecule has 0 radical (unpaired) electrons. The van der Waals surface area contributed by atoms with Crippen molar-refractivity contribution < 1.29 is 52.9 Å². The van der Waals surface area contributed by atoms with Crippen molar-refractivity contribution >= 4 is 0 Å². The van der Waals surface area contributed by atoms with Gasteiger partial charge in [0.15, 0.2) is 6.73 Å². The highest BCUT2D eigenvalue weighted by atomic mass is 17.1. The van der Waals surface area contributed by atoms with Crippen LogP contribution in [0.5, 0.6) is 0 Å². The lowest BCUT2D eigenvalue weighted by atomic mass is 10.9. The molecule has 0 amide bonds. The summed E-state index contributed by atoms with van der Waals surface area (Å²) in [5.74, 6) is 0. The third-order valence-corrected chi connectivity index (χ3v) is 3.26. The average molecular weight is 432 g/mol. The molecular formula is C17H47N6O6+5. The maximum absolute atomic E-state index is 6.06. The second-order valence-electron chi connectivity index (χ2n) is 9.34. The van der Waals surface area contributed by atoms with Gasteiger partial charge in [-0.25, -0.2) is 0 Å². The second kappa shape index (κ2) is 10.7. The first kappa shape index (κ1) is 28.5. The summed E-state index contributed by atoms with van der Waals surface area (Å²) in [5, 5.41) is 0. The number of hydrogen-bond acceptors (Lipinski definition) is 7. The van der Waals surface area contributed by atoms with Crippen LogP contribution in [0, 0.1) is 0 Å². The van der Waals surface area contributed by atoms with Crippen LogP contribution in [0.15, 0.2) is 0 Å². The molecule has 12 heteroatoms. The number of rotatable bonds is 15. The van der Waals surface area contributed by atoms with Crippen molar-refractivity contribution in [3.63, 3.8) is 0 Å².